The van der Waals surface area contributed by atoms with Gasteiger partial charge in [-0.1, -0.05) is 28.1 Å². The average molecular weight is 472 g/mol. The maximum absolute atomic E-state index is 12.8. The van der Waals surface area contributed by atoms with Crippen LogP contribution in [0.4, 0.5) is 16.2 Å². The molecule has 2 aliphatic rings. The second-order valence-corrected chi connectivity index (χ2v) is 8.86. The number of hydrogen-bond donors (Lipinski definition) is 2. The van der Waals surface area contributed by atoms with Crippen molar-refractivity contribution in [2.75, 3.05) is 17.7 Å². The Hall–Kier alpha value is -2.54. The third kappa shape index (κ3) is 4.17. The molecule has 1 heterocycles. The van der Waals surface area contributed by atoms with Crippen LogP contribution in [-0.2, 0) is 11.3 Å². The molecular formula is C23H26BrN3O3. The molecule has 0 radical (unpaired) electrons. The van der Waals surface area contributed by atoms with Gasteiger partial charge in [-0.05, 0) is 56.4 Å². The van der Waals surface area contributed by atoms with Crippen LogP contribution in [0.15, 0.2) is 40.9 Å². The molecule has 0 bridgehead atoms. The number of carbonyl (C=O) groups is 2. The van der Waals surface area contributed by atoms with E-state index < -0.39 is 0 Å². The van der Waals surface area contributed by atoms with Crippen molar-refractivity contribution in [2.24, 2.45) is 5.92 Å². The van der Waals surface area contributed by atoms with E-state index in [-0.39, 0.29) is 23.9 Å². The molecule has 3 amide bonds. The lowest BCUT2D eigenvalue weighted by Gasteiger charge is -2.39. The van der Waals surface area contributed by atoms with Gasteiger partial charge in [0.05, 0.1) is 13.7 Å². The van der Waals surface area contributed by atoms with E-state index in [2.05, 4.69) is 26.6 Å². The Morgan fingerprint density at radius 3 is 2.70 bits per heavy atom. The molecule has 4 rings (SSSR count). The van der Waals surface area contributed by atoms with Gasteiger partial charge in [-0.3, -0.25) is 4.79 Å². The normalized spacial score (nSPS) is 20.9. The number of rotatable bonds is 4. The maximum atomic E-state index is 12.8. The number of nitrogens with one attached hydrogen (secondary N) is 2. The van der Waals surface area contributed by atoms with Gasteiger partial charge in [0.2, 0.25) is 5.91 Å². The molecule has 7 heteroatoms. The summed E-state index contributed by atoms with van der Waals surface area (Å²) >= 11 is 3.59. The zero-order valence-electron chi connectivity index (χ0n) is 17.2. The molecule has 1 aliphatic carbocycles. The standard InChI is InChI=1S/C23H26BrN3O3/c1-14-6-9-16(12-21(14)30-2)25-22(28)15-7-10-17(11-8-15)27-13-18-19(24)4-3-5-20(18)26-23(27)29/h3-6,9,12,15,17H,7-8,10-11,13H2,1-2H3,(H,25,28)(H,26,29). The molecular weight excluding hydrogens is 446 g/mol. The highest BCUT2D eigenvalue weighted by molar-refractivity contribution is 9.10. The summed E-state index contributed by atoms with van der Waals surface area (Å²) in [6.45, 7) is 2.56. The van der Waals surface area contributed by atoms with Crippen LogP contribution in [-0.4, -0.2) is 30.0 Å². The van der Waals surface area contributed by atoms with Crippen molar-refractivity contribution >= 4 is 39.2 Å². The van der Waals surface area contributed by atoms with Crippen molar-refractivity contribution in [1.82, 2.24) is 4.90 Å². The van der Waals surface area contributed by atoms with Crippen molar-refractivity contribution in [1.29, 1.82) is 0 Å². The lowest BCUT2D eigenvalue weighted by Crippen LogP contribution is -2.47. The van der Waals surface area contributed by atoms with Crippen LogP contribution in [0.1, 0.15) is 36.8 Å². The SMILES string of the molecule is COc1cc(NC(=O)C2CCC(N3Cc4c(Br)cccc4NC3=O)CC2)ccc1C. The fourth-order valence-corrected chi connectivity index (χ4v) is 4.84. The Morgan fingerprint density at radius 2 is 1.97 bits per heavy atom. The Balaban J connectivity index is 1.36. The summed E-state index contributed by atoms with van der Waals surface area (Å²) < 4.78 is 6.35. The van der Waals surface area contributed by atoms with Crippen LogP contribution in [0.3, 0.4) is 0 Å². The molecule has 0 saturated heterocycles. The van der Waals surface area contributed by atoms with E-state index in [0.717, 1.165) is 58.4 Å². The highest BCUT2D eigenvalue weighted by Gasteiger charge is 2.34. The molecule has 1 aliphatic heterocycles. The smallest absolute Gasteiger partial charge is 0.322 e. The number of urea groups is 1. The molecule has 30 heavy (non-hydrogen) atoms. The molecule has 6 nitrogen and oxygen atoms in total. The van der Waals surface area contributed by atoms with Gasteiger partial charge in [-0.25, -0.2) is 4.79 Å². The van der Waals surface area contributed by atoms with E-state index >= 15 is 0 Å². The lowest BCUT2D eigenvalue weighted by molar-refractivity contribution is -0.121. The summed E-state index contributed by atoms with van der Waals surface area (Å²) in [5.41, 5.74) is 3.75. The molecule has 2 N–H and O–H groups in total. The van der Waals surface area contributed by atoms with Crippen LogP contribution >= 0.6 is 15.9 Å². The second kappa shape index (κ2) is 8.68. The Bertz CT molecular complexity index is 970. The van der Waals surface area contributed by atoms with Crippen molar-refractivity contribution in [2.45, 2.75) is 45.2 Å². The van der Waals surface area contributed by atoms with Crippen molar-refractivity contribution in [3.05, 3.63) is 52.0 Å². The average Bonchev–Trinajstić information content (AvgIpc) is 2.75. The maximum Gasteiger partial charge on any atom is 0.322 e. The molecule has 1 fully saturated rings. The first kappa shape index (κ1) is 20.7. The van der Waals surface area contributed by atoms with Crippen LogP contribution < -0.4 is 15.4 Å². The number of carbonyl (C=O) groups excluding carboxylic acids is 2. The minimum Gasteiger partial charge on any atom is -0.496 e. The number of benzene rings is 2. The van der Waals surface area contributed by atoms with E-state index in [9.17, 15) is 9.59 Å². The first-order chi connectivity index (χ1) is 14.5. The Labute approximate surface area is 185 Å². The minimum absolute atomic E-state index is 0.0375. The van der Waals surface area contributed by atoms with Crippen LogP contribution in [0, 0.1) is 12.8 Å². The summed E-state index contributed by atoms with van der Waals surface area (Å²) in [7, 11) is 1.63. The summed E-state index contributed by atoms with van der Waals surface area (Å²) in [6.07, 6.45) is 3.18. The highest BCUT2D eigenvalue weighted by Crippen LogP contribution is 2.35. The summed E-state index contributed by atoms with van der Waals surface area (Å²) in [4.78, 5) is 27.3. The number of methoxy groups -OCH3 is 1. The molecule has 2 aromatic rings. The summed E-state index contributed by atoms with van der Waals surface area (Å²) in [5, 5.41) is 6.02. The van der Waals surface area contributed by atoms with Crippen LogP contribution in [0.5, 0.6) is 5.75 Å². The number of nitrogens with zero attached hydrogens (tertiary/aromatic N) is 1. The molecule has 0 spiro atoms. The predicted octanol–water partition coefficient (Wildman–Crippen LogP) is 5.31. The van der Waals surface area contributed by atoms with Gasteiger partial charge in [0, 0.05) is 39.4 Å². The zero-order chi connectivity index (χ0) is 21.3. The van der Waals surface area contributed by atoms with Gasteiger partial charge in [0.25, 0.3) is 0 Å². The first-order valence-electron chi connectivity index (χ1n) is 10.3. The third-order valence-corrected chi connectivity index (χ3v) is 6.88. The van der Waals surface area contributed by atoms with E-state index in [4.69, 9.17) is 4.74 Å². The number of fused-ring (bicyclic) bond motifs is 1. The number of hydrogen-bond acceptors (Lipinski definition) is 3. The first-order valence-corrected chi connectivity index (χ1v) is 11.1. The molecule has 0 unspecified atom stereocenters. The minimum atomic E-state index is -0.0553. The van der Waals surface area contributed by atoms with Gasteiger partial charge in [-0.2, -0.15) is 0 Å². The molecule has 0 aromatic heterocycles. The topological polar surface area (TPSA) is 70.7 Å². The van der Waals surface area contributed by atoms with Gasteiger partial charge < -0.3 is 20.3 Å². The van der Waals surface area contributed by atoms with Crippen molar-refractivity contribution in [3.8, 4) is 5.75 Å². The molecule has 158 valence electrons. The highest BCUT2D eigenvalue weighted by atomic mass is 79.9. The van der Waals surface area contributed by atoms with E-state index in [1.54, 1.807) is 7.11 Å². The largest absolute Gasteiger partial charge is 0.496 e. The zero-order valence-corrected chi connectivity index (χ0v) is 18.8. The van der Waals surface area contributed by atoms with Crippen molar-refractivity contribution in [3.63, 3.8) is 0 Å². The predicted molar refractivity (Wildman–Crippen MR) is 121 cm³/mol. The van der Waals surface area contributed by atoms with Gasteiger partial charge in [-0.15, -0.1) is 0 Å². The van der Waals surface area contributed by atoms with Gasteiger partial charge in [0.1, 0.15) is 5.75 Å². The summed E-state index contributed by atoms with van der Waals surface area (Å²) in [5.74, 6) is 0.759. The number of anilines is 2. The van der Waals surface area contributed by atoms with Crippen molar-refractivity contribution < 1.29 is 14.3 Å². The summed E-state index contributed by atoms with van der Waals surface area (Å²) in [6, 6.07) is 11.6. The third-order valence-electron chi connectivity index (χ3n) is 6.13. The Morgan fingerprint density at radius 1 is 1.20 bits per heavy atom. The second-order valence-electron chi connectivity index (χ2n) is 8.00. The van der Waals surface area contributed by atoms with Gasteiger partial charge >= 0.3 is 6.03 Å². The quantitative estimate of drug-likeness (QED) is 0.634. The fourth-order valence-electron chi connectivity index (χ4n) is 4.35. The Kier molecular flexibility index (Phi) is 5.99. The number of aryl methyl sites for hydroxylation is 1. The molecule has 0 atom stereocenters. The van der Waals surface area contributed by atoms with E-state index in [1.165, 1.54) is 0 Å². The number of ether oxygens (including phenoxy) is 1. The van der Waals surface area contributed by atoms with E-state index in [1.807, 2.05) is 48.2 Å². The lowest BCUT2D eigenvalue weighted by atomic mass is 9.84. The van der Waals surface area contributed by atoms with Gasteiger partial charge in [0.15, 0.2) is 0 Å². The molecule has 2 aromatic carbocycles. The fraction of sp³-hybridized carbons (Fsp3) is 0.391. The monoisotopic (exact) mass is 471 g/mol. The number of halogens is 1. The molecule has 1 saturated carbocycles. The van der Waals surface area contributed by atoms with Crippen LogP contribution in [0.2, 0.25) is 0 Å². The van der Waals surface area contributed by atoms with Crippen LogP contribution in [0.25, 0.3) is 0 Å². The van der Waals surface area contributed by atoms with E-state index in [0.29, 0.717) is 6.54 Å². The number of amides is 3.